The fourth-order valence-electron chi connectivity index (χ4n) is 1.72. The van der Waals surface area contributed by atoms with E-state index in [0.29, 0.717) is 23.4 Å². The zero-order chi connectivity index (χ0) is 12.4. The Bertz CT molecular complexity index is 452. The van der Waals surface area contributed by atoms with Gasteiger partial charge in [-0.15, -0.1) is 0 Å². The Morgan fingerprint density at radius 3 is 2.94 bits per heavy atom. The Hall–Kier alpha value is -1.41. The van der Waals surface area contributed by atoms with Gasteiger partial charge >= 0.3 is 13.1 Å². The third-order valence-corrected chi connectivity index (χ3v) is 2.60. The van der Waals surface area contributed by atoms with Crippen molar-refractivity contribution in [2.45, 2.75) is 13.2 Å². The van der Waals surface area contributed by atoms with Gasteiger partial charge in [0.2, 0.25) is 0 Å². The van der Waals surface area contributed by atoms with Crippen LogP contribution in [0.1, 0.15) is 11.1 Å². The summed E-state index contributed by atoms with van der Waals surface area (Å²) in [6, 6.07) is 3.34. The molecule has 1 aliphatic heterocycles. The lowest BCUT2D eigenvalue weighted by molar-refractivity contribution is -0.132. The molecular formula is C10H13BN2O4. The molecule has 17 heavy (non-hydrogen) atoms. The van der Waals surface area contributed by atoms with Gasteiger partial charge in [0.05, 0.1) is 13.2 Å². The molecule has 1 aromatic rings. The van der Waals surface area contributed by atoms with E-state index in [1.54, 1.807) is 12.1 Å². The Morgan fingerprint density at radius 1 is 1.53 bits per heavy atom. The number of fused-ring (bicyclic) bond motifs is 1. The summed E-state index contributed by atoms with van der Waals surface area (Å²) in [6.45, 7) is 0.353. The zero-order valence-corrected chi connectivity index (χ0v) is 9.18. The van der Waals surface area contributed by atoms with Crippen LogP contribution < -0.4 is 21.7 Å². The molecule has 2 rings (SSSR count). The predicted octanol–water partition coefficient (Wildman–Crippen LogP) is -1.77. The molecule has 0 unspecified atom stereocenters. The smallest absolute Gasteiger partial charge is 0.425 e. The van der Waals surface area contributed by atoms with E-state index in [4.69, 9.17) is 20.9 Å². The largest absolute Gasteiger partial charge is 0.491 e. The van der Waals surface area contributed by atoms with Gasteiger partial charge in [-0.25, -0.2) is 0 Å². The van der Waals surface area contributed by atoms with Crippen molar-refractivity contribution in [3.8, 4) is 5.75 Å². The minimum Gasteiger partial charge on any atom is -0.425 e. The predicted molar refractivity (Wildman–Crippen MR) is 61.4 cm³/mol. The molecule has 1 aromatic carbocycles. The highest BCUT2D eigenvalue weighted by Crippen LogP contribution is 2.22. The first-order valence-electron chi connectivity index (χ1n) is 5.22. The summed E-state index contributed by atoms with van der Waals surface area (Å²) in [7, 11) is -0.979. The molecule has 0 saturated heterocycles. The maximum absolute atomic E-state index is 11.1. The molecule has 90 valence electrons. The van der Waals surface area contributed by atoms with Crippen LogP contribution in [-0.2, 0) is 22.6 Å². The number of hydrogen-bond donors (Lipinski definition) is 3. The second-order valence-electron chi connectivity index (χ2n) is 3.70. The van der Waals surface area contributed by atoms with Gasteiger partial charge in [0.15, 0.2) is 0 Å². The number of esters is 1. The molecule has 1 aliphatic rings. The highest BCUT2D eigenvalue weighted by atomic mass is 16.5. The highest BCUT2D eigenvalue weighted by Gasteiger charge is 2.29. The van der Waals surface area contributed by atoms with Crippen molar-refractivity contribution in [3.63, 3.8) is 0 Å². The standard InChI is InChI=1S/C10H13BN2O4/c12-3-6-1-7-5-16-11(15)8(7)2-9(6)17-10(14)4-13/h1-2,15H,3-5,12-13H2. The fraction of sp³-hybridized carbons (Fsp3) is 0.300. The SMILES string of the molecule is NCC(=O)Oc1cc2c(cc1CN)COB2O. The molecule has 6 nitrogen and oxygen atoms in total. The lowest BCUT2D eigenvalue weighted by atomic mass is 9.79. The molecule has 0 saturated carbocycles. The maximum atomic E-state index is 11.1. The molecule has 0 fully saturated rings. The first kappa shape index (κ1) is 12.1. The number of carbonyl (C=O) groups is 1. The van der Waals surface area contributed by atoms with Crippen LogP contribution in [0.15, 0.2) is 12.1 Å². The van der Waals surface area contributed by atoms with Crippen LogP contribution in [0.5, 0.6) is 5.75 Å². The minimum absolute atomic E-state index is 0.208. The fourth-order valence-corrected chi connectivity index (χ4v) is 1.72. The Labute approximate surface area is 98.6 Å². The topological polar surface area (TPSA) is 108 Å². The van der Waals surface area contributed by atoms with E-state index in [2.05, 4.69) is 0 Å². The Morgan fingerprint density at radius 2 is 2.29 bits per heavy atom. The van der Waals surface area contributed by atoms with E-state index in [1.807, 2.05) is 0 Å². The molecule has 1 heterocycles. The van der Waals surface area contributed by atoms with Crippen molar-refractivity contribution in [2.75, 3.05) is 6.54 Å². The summed E-state index contributed by atoms with van der Waals surface area (Å²) in [4.78, 5) is 11.1. The number of rotatable bonds is 3. The number of benzene rings is 1. The molecule has 0 atom stereocenters. The van der Waals surface area contributed by atoms with Gasteiger partial charge in [-0.2, -0.15) is 0 Å². The van der Waals surface area contributed by atoms with Crippen LogP contribution in [0.3, 0.4) is 0 Å². The average Bonchev–Trinajstić information content (AvgIpc) is 2.69. The van der Waals surface area contributed by atoms with Crippen molar-refractivity contribution >= 4 is 18.6 Å². The number of carbonyl (C=O) groups excluding carboxylic acids is 1. The van der Waals surface area contributed by atoms with Crippen LogP contribution in [0.2, 0.25) is 0 Å². The van der Waals surface area contributed by atoms with Crippen molar-refractivity contribution in [1.82, 2.24) is 0 Å². The highest BCUT2D eigenvalue weighted by molar-refractivity contribution is 6.61. The third kappa shape index (κ3) is 2.32. The van der Waals surface area contributed by atoms with Crippen molar-refractivity contribution < 1.29 is 19.2 Å². The van der Waals surface area contributed by atoms with E-state index in [1.165, 1.54) is 0 Å². The second kappa shape index (κ2) is 4.85. The van der Waals surface area contributed by atoms with E-state index in [9.17, 15) is 9.82 Å². The molecule has 0 radical (unpaired) electrons. The first-order valence-corrected chi connectivity index (χ1v) is 5.22. The number of ether oxygens (including phenoxy) is 1. The van der Waals surface area contributed by atoms with E-state index >= 15 is 0 Å². The summed E-state index contributed by atoms with van der Waals surface area (Å²) >= 11 is 0. The van der Waals surface area contributed by atoms with Gasteiger partial charge in [-0.1, -0.05) is 0 Å². The summed E-state index contributed by atoms with van der Waals surface area (Å²) < 4.78 is 10.1. The quantitative estimate of drug-likeness (QED) is 0.325. The third-order valence-electron chi connectivity index (χ3n) is 2.60. The molecule has 0 bridgehead atoms. The zero-order valence-electron chi connectivity index (χ0n) is 9.18. The van der Waals surface area contributed by atoms with Crippen LogP contribution in [0, 0.1) is 0 Å². The van der Waals surface area contributed by atoms with Crippen LogP contribution in [0.25, 0.3) is 0 Å². The average molecular weight is 236 g/mol. The molecular weight excluding hydrogens is 223 g/mol. The first-order chi connectivity index (χ1) is 8.15. The molecule has 7 heteroatoms. The molecule has 0 amide bonds. The van der Waals surface area contributed by atoms with Gasteiger partial charge in [-0.05, 0) is 23.2 Å². The number of hydrogen-bond acceptors (Lipinski definition) is 6. The van der Waals surface area contributed by atoms with E-state index in [0.717, 1.165) is 5.56 Å². The van der Waals surface area contributed by atoms with Gasteiger partial charge in [0.1, 0.15) is 5.75 Å². The van der Waals surface area contributed by atoms with E-state index < -0.39 is 13.1 Å². The maximum Gasteiger partial charge on any atom is 0.491 e. The normalized spacial score (nSPS) is 13.7. The monoisotopic (exact) mass is 236 g/mol. The summed E-state index contributed by atoms with van der Waals surface area (Å²) in [5.41, 5.74) is 12.9. The number of nitrogens with two attached hydrogens (primary N) is 2. The lowest BCUT2D eigenvalue weighted by Crippen LogP contribution is -2.29. The van der Waals surface area contributed by atoms with Gasteiger partial charge < -0.3 is 25.9 Å². The second-order valence-corrected chi connectivity index (χ2v) is 3.70. The summed E-state index contributed by atoms with van der Waals surface area (Å²) in [5, 5.41) is 9.54. The summed E-state index contributed by atoms with van der Waals surface area (Å²) in [5.74, 6) is -0.223. The van der Waals surface area contributed by atoms with Crippen LogP contribution in [-0.4, -0.2) is 24.7 Å². The van der Waals surface area contributed by atoms with Crippen molar-refractivity contribution in [3.05, 3.63) is 23.3 Å². The van der Waals surface area contributed by atoms with Gasteiger partial charge in [-0.3, -0.25) is 4.79 Å². The molecule has 5 N–H and O–H groups in total. The Balaban J connectivity index is 2.37. The van der Waals surface area contributed by atoms with Crippen LogP contribution in [0.4, 0.5) is 0 Å². The molecule has 0 aliphatic carbocycles. The molecule has 0 aromatic heterocycles. The van der Waals surface area contributed by atoms with Crippen molar-refractivity contribution in [1.29, 1.82) is 0 Å². The Kier molecular flexibility index (Phi) is 3.44. The lowest BCUT2D eigenvalue weighted by Gasteiger charge is -2.10. The summed E-state index contributed by atoms with van der Waals surface area (Å²) in [6.07, 6.45) is 0. The van der Waals surface area contributed by atoms with Crippen molar-refractivity contribution in [2.24, 2.45) is 11.5 Å². The van der Waals surface area contributed by atoms with E-state index in [-0.39, 0.29) is 13.1 Å². The van der Waals surface area contributed by atoms with Gasteiger partial charge in [0, 0.05) is 12.1 Å². The van der Waals surface area contributed by atoms with Gasteiger partial charge in [0.25, 0.3) is 0 Å². The van der Waals surface area contributed by atoms with Crippen LogP contribution >= 0.6 is 0 Å². The minimum atomic E-state index is -0.979. The molecule has 0 spiro atoms.